The minimum atomic E-state index is -0.625. The van der Waals surface area contributed by atoms with Gasteiger partial charge < -0.3 is 19.7 Å². The molecule has 3 aromatic rings. The van der Waals surface area contributed by atoms with Crippen LogP contribution in [0.2, 0.25) is 0 Å². The summed E-state index contributed by atoms with van der Waals surface area (Å²) >= 11 is 0. The van der Waals surface area contributed by atoms with Crippen LogP contribution >= 0.6 is 0 Å². The van der Waals surface area contributed by atoms with E-state index in [-0.39, 0.29) is 44.4 Å². The van der Waals surface area contributed by atoms with E-state index in [9.17, 15) is 19.2 Å². The van der Waals surface area contributed by atoms with Crippen molar-refractivity contribution in [2.45, 2.75) is 65.1 Å². The second kappa shape index (κ2) is 17.4. The topological polar surface area (TPSA) is 127 Å². The molecule has 0 atom stereocenters. The molecule has 0 radical (unpaired) electrons. The highest BCUT2D eigenvalue weighted by atomic mass is 16.6. The Balaban J connectivity index is 1.48. The second-order valence-electron chi connectivity index (χ2n) is 11.3. The third-order valence-electron chi connectivity index (χ3n) is 6.40. The number of pyridine rings is 1. The van der Waals surface area contributed by atoms with Crippen LogP contribution in [0, 0.1) is 0 Å². The Morgan fingerprint density at radius 1 is 0.841 bits per heavy atom. The molecule has 2 aromatic carbocycles. The largest absolute Gasteiger partial charge is 0.461 e. The highest BCUT2D eigenvalue weighted by Gasteiger charge is 2.19. The Morgan fingerprint density at radius 2 is 1.52 bits per heavy atom. The van der Waals surface area contributed by atoms with Gasteiger partial charge in [-0.25, -0.2) is 9.78 Å². The number of hydrogen-bond acceptors (Lipinski definition) is 7. The highest BCUT2D eigenvalue weighted by molar-refractivity contribution is 5.85. The number of hydrogen-bond donors (Lipinski definition) is 2. The van der Waals surface area contributed by atoms with Crippen molar-refractivity contribution in [3.8, 4) is 0 Å². The zero-order chi connectivity index (χ0) is 31.8. The lowest BCUT2D eigenvalue weighted by atomic mass is 10.1. The number of aryl methyl sites for hydroxylation is 1. The summed E-state index contributed by atoms with van der Waals surface area (Å²) in [6, 6.07) is 22.7. The maximum Gasteiger partial charge on any atom is 0.413 e. The lowest BCUT2D eigenvalue weighted by molar-refractivity contribution is -0.145. The predicted molar refractivity (Wildman–Crippen MR) is 168 cm³/mol. The van der Waals surface area contributed by atoms with Gasteiger partial charge in [-0.05, 0) is 68.9 Å². The van der Waals surface area contributed by atoms with Crippen molar-refractivity contribution < 1.29 is 28.7 Å². The molecule has 0 unspecified atom stereocenters. The van der Waals surface area contributed by atoms with Gasteiger partial charge in [0.2, 0.25) is 11.8 Å². The lowest BCUT2D eigenvalue weighted by Crippen LogP contribution is -2.42. The molecule has 0 aliphatic heterocycles. The Labute approximate surface area is 259 Å². The highest BCUT2D eigenvalue weighted by Crippen LogP contribution is 2.14. The normalized spacial score (nSPS) is 10.9. The van der Waals surface area contributed by atoms with Crippen LogP contribution in [0.1, 0.15) is 56.7 Å². The van der Waals surface area contributed by atoms with Crippen molar-refractivity contribution in [2.24, 2.45) is 0 Å². The minimum Gasteiger partial charge on any atom is -0.461 e. The number of carbonyl (C=O) groups is 4. The zero-order valence-corrected chi connectivity index (χ0v) is 25.7. The molecular formula is C34H42N4O6. The molecule has 234 valence electrons. The smallest absolute Gasteiger partial charge is 0.413 e. The van der Waals surface area contributed by atoms with Crippen molar-refractivity contribution >= 4 is 29.7 Å². The maximum atomic E-state index is 13.2. The van der Waals surface area contributed by atoms with E-state index >= 15 is 0 Å². The summed E-state index contributed by atoms with van der Waals surface area (Å²) in [4.78, 5) is 55.8. The molecule has 0 aliphatic carbocycles. The summed E-state index contributed by atoms with van der Waals surface area (Å²) in [7, 11) is 0. The molecule has 10 heteroatoms. The van der Waals surface area contributed by atoms with E-state index in [4.69, 9.17) is 9.47 Å². The van der Waals surface area contributed by atoms with Gasteiger partial charge >= 0.3 is 12.1 Å². The molecule has 0 aliphatic rings. The summed E-state index contributed by atoms with van der Waals surface area (Å²) in [5.41, 5.74) is 2.24. The van der Waals surface area contributed by atoms with E-state index in [0.29, 0.717) is 31.6 Å². The standard InChI is InChI=1S/C34H42N4O6/c1-34(2,3)44-33(42)37-29-23-27(17-20-35-29)15-10-16-31(40)38(22-19-26-11-6-4-7-12-26)24-30(39)36-21-18-32(41)43-25-28-13-8-5-9-14-28/h4-9,11-14,17,20,23H,10,15-16,18-19,21-22,24-25H2,1-3H3,(H,36,39)(H,35,37,42). The quantitative estimate of drug-likeness (QED) is 0.233. The Bertz CT molecular complexity index is 1360. The Hall–Kier alpha value is -4.73. The van der Waals surface area contributed by atoms with Crippen LogP contribution in [-0.4, -0.2) is 59.0 Å². The summed E-state index contributed by atoms with van der Waals surface area (Å²) in [5.74, 6) is -0.520. The molecule has 0 spiro atoms. The lowest BCUT2D eigenvalue weighted by Gasteiger charge is -2.22. The number of esters is 1. The van der Waals surface area contributed by atoms with Gasteiger partial charge in [-0.2, -0.15) is 0 Å². The molecule has 1 heterocycles. The van der Waals surface area contributed by atoms with E-state index in [1.54, 1.807) is 37.9 Å². The number of nitrogens with zero attached hydrogens (tertiary/aromatic N) is 2. The second-order valence-corrected chi connectivity index (χ2v) is 11.3. The molecule has 3 amide bonds. The van der Waals surface area contributed by atoms with Crippen molar-refractivity contribution in [1.82, 2.24) is 15.2 Å². The van der Waals surface area contributed by atoms with Gasteiger partial charge in [0.25, 0.3) is 0 Å². The number of rotatable bonds is 15. The number of benzene rings is 2. The van der Waals surface area contributed by atoms with Gasteiger partial charge in [0.1, 0.15) is 18.0 Å². The molecule has 1 aromatic heterocycles. The number of amides is 3. The molecule has 0 bridgehead atoms. The van der Waals surface area contributed by atoms with Crippen LogP contribution in [0.3, 0.4) is 0 Å². The molecule has 0 saturated heterocycles. The monoisotopic (exact) mass is 602 g/mol. The predicted octanol–water partition coefficient (Wildman–Crippen LogP) is 5.07. The summed E-state index contributed by atoms with van der Waals surface area (Å²) in [6.45, 7) is 5.92. The van der Waals surface area contributed by atoms with Gasteiger partial charge in [-0.3, -0.25) is 19.7 Å². The van der Waals surface area contributed by atoms with Crippen LogP contribution in [0.15, 0.2) is 79.0 Å². The molecule has 10 nitrogen and oxygen atoms in total. The van der Waals surface area contributed by atoms with Crippen LogP contribution in [0.4, 0.5) is 10.6 Å². The van der Waals surface area contributed by atoms with Crippen molar-refractivity contribution in [2.75, 3.05) is 25.0 Å². The first-order valence-corrected chi connectivity index (χ1v) is 14.8. The average molecular weight is 603 g/mol. The first-order valence-electron chi connectivity index (χ1n) is 14.8. The van der Waals surface area contributed by atoms with E-state index in [0.717, 1.165) is 16.7 Å². The van der Waals surface area contributed by atoms with Crippen molar-refractivity contribution in [3.63, 3.8) is 0 Å². The first kappa shape index (κ1) is 33.8. The first-order chi connectivity index (χ1) is 21.1. The van der Waals surface area contributed by atoms with E-state index in [1.165, 1.54) is 0 Å². The van der Waals surface area contributed by atoms with E-state index in [2.05, 4.69) is 15.6 Å². The number of nitrogens with one attached hydrogen (secondary N) is 2. The van der Waals surface area contributed by atoms with Gasteiger partial charge in [0, 0.05) is 25.7 Å². The fourth-order valence-electron chi connectivity index (χ4n) is 4.25. The zero-order valence-electron chi connectivity index (χ0n) is 25.7. The molecule has 2 N–H and O–H groups in total. The molecule has 3 rings (SSSR count). The van der Waals surface area contributed by atoms with E-state index in [1.807, 2.05) is 66.7 Å². The molecule has 44 heavy (non-hydrogen) atoms. The van der Waals surface area contributed by atoms with Gasteiger partial charge in [0.05, 0.1) is 13.0 Å². The summed E-state index contributed by atoms with van der Waals surface area (Å²) in [6.07, 6.45) is 3.02. The number of carbonyl (C=O) groups excluding carboxylic acids is 4. The van der Waals surface area contributed by atoms with Crippen LogP contribution in [0.5, 0.6) is 0 Å². The third kappa shape index (κ3) is 13.5. The van der Waals surface area contributed by atoms with Gasteiger partial charge in [0.15, 0.2) is 0 Å². The maximum absolute atomic E-state index is 13.2. The molecular weight excluding hydrogens is 560 g/mol. The van der Waals surface area contributed by atoms with Gasteiger partial charge in [-0.1, -0.05) is 60.7 Å². The fourth-order valence-corrected chi connectivity index (χ4v) is 4.25. The minimum absolute atomic E-state index is 0.0350. The van der Waals surface area contributed by atoms with E-state index < -0.39 is 17.7 Å². The number of aromatic nitrogens is 1. The SMILES string of the molecule is CC(C)(C)OC(=O)Nc1cc(CCCC(=O)N(CCc2ccccc2)CC(=O)NCCC(=O)OCc2ccccc2)ccn1. The Morgan fingerprint density at radius 3 is 2.20 bits per heavy atom. The number of anilines is 1. The van der Waals surface area contributed by atoms with Crippen LogP contribution in [0.25, 0.3) is 0 Å². The summed E-state index contributed by atoms with van der Waals surface area (Å²) in [5, 5.41) is 5.36. The average Bonchev–Trinajstić information content (AvgIpc) is 2.98. The van der Waals surface area contributed by atoms with Gasteiger partial charge in [-0.15, -0.1) is 0 Å². The molecule has 0 fully saturated rings. The molecule has 0 saturated carbocycles. The van der Waals surface area contributed by atoms with Crippen molar-refractivity contribution in [1.29, 1.82) is 0 Å². The van der Waals surface area contributed by atoms with Crippen molar-refractivity contribution in [3.05, 3.63) is 95.7 Å². The third-order valence-corrected chi connectivity index (χ3v) is 6.40. The number of ether oxygens (including phenoxy) is 2. The van der Waals surface area contributed by atoms with Crippen LogP contribution < -0.4 is 10.6 Å². The van der Waals surface area contributed by atoms with Crippen LogP contribution in [-0.2, 0) is 43.3 Å². The Kier molecular flexibility index (Phi) is 13.4. The fraction of sp³-hybridized carbons (Fsp3) is 0.382. The summed E-state index contributed by atoms with van der Waals surface area (Å²) < 4.78 is 10.5.